The molecule has 0 fully saturated rings. The third-order valence-corrected chi connectivity index (χ3v) is 8.48. The van der Waals surface area contributed by atoms with E-state index in [2.05, 4.69) is 114 Å². The number of hydrogen-bond donors (Lipinski definition) is 0. The van der Waals surface area contributed by atoms with Crippen LogP contribution in [0.3, 0.4) is 0 Å². The second kappa shape index (κ2) is 12.5. The lowest BCUT2D eigenvalue weighted by Crippen LogP contribution is -2.10. The molecule has 0 aliphatic heterocycles. The summed E-state index contributed by atoms with van der Waals surface area (Å²) in [6.07, 6.45) is 1.83. The molecule has 0 amide bonds. The van der Waals surface area contributed by atoms with Crippen molar-refractivity contribution in [3.05, 3.63) is 132 Å². The van der Waals surface area contributed by atoms with E-state index in [4.69, 9.17) is 19.9 Å². The summed E-state index contributed by atoms with van der Waals surface area (Å²) < 4.78 is 0. The van der Waals surface area contributed by atoms with Crippen LogP contribution >= 0.6 is 0 Å². The fourth-order valence-electron chi connectivity index (χ4n) is 5.43. The summed E-state index contributed by atoms with van der Waals surface area (Å²) in [4.78, 5) is 31.2. The van der Waals surface area contributed by atoms with Gasteiger partial charge < -0.3 is 0 Å². The Hall–Kier alpha value is -5.29. The van der Waals surface area contributed by atoms with Crippen molar-refractivity contribution in [3.8, 4) is 56.5 Å². The number of carbonyl (C=O) groups excluding carboxylic acids is 1. The Morgan fingerprint density at radius 2 is 0.809 bits per heavy atom. The summed E-state index contributed by atoms with van der Waals surface area (Å²) in [6, 6.07) is 37.0. The molecule has 0 unspecified atom stereocenters. The van der Waals surface area contributed by atoms with Gasteiger partial charge in [0.05, 0.1) is 5.69 Å². The molecule has 0 aliphatic carbocycles. The van der Waals surface area contributed by atoms with Crippen LogP contribution in [-0.4, -0.2) is 25.7 Å². The Morgan fingerprint density at radius 3 is 1.19 bits per heavy atom. The Bertz CT molecular complexity index is 1940. The van der Waals surface area contributed by atoms with Crippen LogP contribution in [0.1, 0.15) is 70.0 Å². The van der Waals surface area contributed by atoms with Crippen molar-refractivity contribution in [1.82, 2.24) is 19.9 Å². The summed E-state index contributed by atoms with van der Waals surface area (Å²) in [6.45, 7) is 14.8. The molecule has 0 saturated carbocycles. The first-order valence-corrected chi connectivity index (χ1v) is 16.0. The molecule has 6 aromatic rings. The molecule has 4 aromatic carbocycles. The van der Waals surface area contributed by atoms with Crippen molar-refractivity contribution in [2.45, 2.75) is 59.3 Å². The highest BCUT2D eigenvalue weighted by Crippen LogP contribution is 2.30. The molecule has 2 heterocycles. The van der Waals surface area contributed by atoms with Gasteiger partial charge in [-0.1, -0.05) is 139 Å². The van der Waals surface area contributed by atoms with E-state index in [1.165, 1.54) is 11.1 Å². The van der Waals surface area contributed by atoms with Crippen LogP contribution in [0.5, 0.6) is 0 Å². The highest BCUT2D eigenvalue weighted by molar-refractivity contribution is 5.94. The van der Waals surface area contributed by atoms with Crippen molar-refractivity contribution in [2.75, 3.05) is 0 Å². The van der Waals surface area contributed by atoms with Crippen molar-refractivity contribution in [3.63, 3.8) is 0 Å². The van der Waals surface area contributed by atoms with E-state index in [1.807, 2.05) is 42.6 Å². The number of Topliss-reactive ketones (excluding diaryl/α,β-unsaturated/α-hetero) is 1. The van der Waals surface area contributed by atoms with Crippen molar-refractivity contribution < 1.29 is 4.79 Å². The van der Waals surface area contributed by atoms with Crippen LogP contribution < -0.4 is 0 Å². The second-order valence-corrected chi connectivity index (χ2v) is 14.1. The SMILES string of the molecule is CC(=O)c1ccc(-c2ccc(-c3ccc(-c4nc(-c5ccc(C(C)(C)C)cc5)nc(-c5ccc(C(C)(C)C)cc5)n4)cn3)cc2)cc1. The van der Waals surface area contributed by atoms with Crippen molar-refractivity contribution in [2.24, 2.45) is 0 Å². The predicted molar refractivity (Wildman–Crippen MR) is 192 cm³/mol. The molecule has 0 N–H and O–H groups in total. The van der Waals surface area contributed by atoms with Gasteiger partial charge in [-0.2, -0.15) is 0 Å². The fraction of sp³-hybridized carbons (Fsp3) is 0.214. The number of pyridine rings is 1. The van der Waals surface area contributed by atoms with Crippen LogP contribution in [0.4, 0.5) is 0 Å². The van der Waals surface area contributed by atoms with Gasteiger partial charge >= 0.3 is 0 Å². The number of carbonyl (C=O) groups is 1. The third-order valence-electron chi connectivity index (χ3n) is 8.48. The molecule has 47 heavy (non-hydrogen) atoms. The Kier molecular flexibility index (Phi) is 8.42. The minimum absolute atomic E-state index is 0.0540. The van der Waals surface area contributed by atoms with Gasteiger partial charge in [0.1, 0.15) is 0 Å². The smallest absolute Gasteiger partial charge is 0.165 e. The van der Waals surface area contributed by atoms with Gasteiger partial charge in [-0.05, 0) is 52.1 Å². The number of benzene rings is 4. The Morgan fingerprint density at radius 1 is 0.447 bits per heavy atom. The molecule has 0 aliphatic rings. The number of ketones is 1. The zero-order valence-corrected chi connectivity index (χ0v) is 28.2. The van der Waals surface area contributed by atoms with Crippen molar-refractivity contribution in [1.29, 1.82) is 0 Å². The largest absolute Gasteiger partial charge is 0.295 e. The molecule has 234 valence electrons. The average molecular weight is 617 g/mol. The van der Waals surface area contributed by atoms with Crippen LogP contribution in [0.15, 0.2) is 115 Å². The van der Waals surface area contributed by atoms with E-state index in [-0.39, 0.29) is 16.6 Å². The highest BCUT2D eigenvalue weighted by atomic mass is 16.1. The molecule has 0 bridgehead atoms. The molecule has 2 aromatic heterocycles. The van der Waals surface area contributed by atoms with Gasteiger partial charge in [0.2, 0.25) is 0 Å². The first-order valence-electron chi connectivity index (χ1n) is 16.0. The summed E-state index contributed by atoms with van der Waals surface area (Å²) in [5, 5.41) is 0. The van der Waals surface area contributed by atoms with E-state index >= 15 is 0 Å². The normalized spacial score (nSPS) is 11.8. The molecule has 6 rings (SSSR count). The Labute approximate surface area is 277 Å². The number of rotatable bonds is 6. The van der Waals surface area contributed by atoms with Gasteiger partial charge in [0.25, 0.3) is 0 Å². The quantitative estimate of drug-likeness (QED) is 0.174. The summed E-state index contributed by atoms with van der Waals surface area (Å²) in [5.41, 5.74) is 10.0. The zero-order chi connectivity index (χ0) is 33.3. The van der Waals surface area contributed by atoms with Gasteiger partial charge in [-0.25, -0.2) is 15.0 Å². The van der Waals surface area contributed by atoms with Gasteiger partial charge in [-0.15, -0.1) is 0 Å². The fourth-order valence-corrected chi connectivity index (χ4v) is 5.43. The maximum absolute atomic E-state index is 11.6. The summed E-state index contributed by atoms with van der Waals surface area (Å²) in [5.74, 6) is 1.89. The van der Waals surface area contributed by atoms with E-state index in [9.17, 15) is 4.79 Å². The highest BCUT2D eigenvalue weighted by Gasteiger charge is 2.18. The van der Waals surface area contributed by atoms with Crippen LogP contribution in [-0.2, 0) is 10.8 Å². The molecule has 0 spiro atoms. The molecular weight excluding hydrogens is 576 g/mol. The van der Waals surface area contributed by atoms with Gasteiger partial charge in [0, 0.05) is 34.0 Å². The van der Waals surface area contributed by atoms with Crippen LogP contribution in [0, 0.1) is 0 Å². The third kappa shape index (κ3) is 7.10. The topological polar surface area (TPSA) is 68.6 Å². The average Bonchev–Trinajstić information content (AvgIpc) is 3.07. The summed E-state index contributed by atoms with van der Waals surface area (Å²) in [7, 11) is 0. The molecule has 0 radical (unpaired) electrons. The van der Waals surface area contributed by atoms with Gasteiger partial charge in [-0.3, -0.25) is 9.78 Å². The standard InChI is InChI=1S/C42H40N4O/c1-27(47)28-8-10-29(11-9-28)30-12-14-31(15-13-30)37-25-20-34(26-43-37)40-45-38(32-16-21-35(22-17-32)41(2,3)4)44-39(46-40)33-18-23-36(24-19-33)42(5,6)7/h8-26H,1-7H3. The van der Waals surface area contributed by atoms with Crippen LogP contribution in [0.25, 0.3) is 56.5 Å². The lowest BCUT2D eigenvalue weighted by Gasteiger charge is -2.19. The van der Waals surface area contributed by atoms with E-state index < -0.39 is 0 Å². The second-order valence-electron chi connectivity index (χ2n) is 14.1. The Balaban J connectivity index is 1.33. The predicted octanol–water partition coefficient (Wildman–Crippen LogP) is 10.4. The van der Waals surface area contributed by atoms with E-state index in [1.54, 1.807) is 6.92 Å². The number of aromatic nitrogens is 4. The lowest BCUT2D eigenvalue weighted by atomic mass is 9.86. The number of nitrogens with zero attached hydrogens (tertiary/aromatic N) is 4. The molecular formula is C42H40N4O. The maximum Gasteiger partial charge on any atom is 0.165 e. The molecule has 0 saturated heterocycles. The minimum Gasteiger partial charge on any atom is -0.295 e. The first-order chi connectivity index (χ1) is 22.3. The maximum atomic E-state index is 11.6. The molecule has 0 atom stereocenters. The van der Waals surface area contributed by atoms with Gasteiger partial charge in [0.15, 0.2) is 23.3 Å². The zero-order valence-electron chi connectivity index (χ0n) is 28.2. The first kappa shape index (κ1) is 31.7. The van der Waals surface area contributed by atoms with E-state index in [0.29, 0.717) is 23.0 Å². The monoisotopic (exact) mass is 616 g/mol. The van der Waals surface area contributed by atoms with Crippen molar-refractivity contribution >= 4 is 5.78 Å². The lowest BCUT2D eigenvalue weighted by molar-refractivity contribution is 0.101. The van der Waals surface area contributed by atoms with E-state index in [0.717, 1.165) is 39.1 Å². The van der Waals surface area contributed by atoms with Crippen LogP contribution in [0.2, 0.25) is 0 Å². The number of hydrogen-bond acceptors (Lipinski definition) is 5. The molecule has 5 heteroatoms. The minimum atomic E-state index is 0.0540. The summed E-state index contributed by atoms with van der Waals surface area (Å²) >= 11 is 0. The molecule has 5 nitrogen and oxygen atoms in total.